The number of hydrogen-bond donors (Lipinski definition) is 1. The van der Waals surface area contributed by atoms with E-state index >= 15 is 0 Å². The van der Waals surface area contributed by atoms with Crippen LogP contribution in [0.1, 0.15) is 0 Å². The van der Waals surface area contributed by atoms with E-state index in [2.05, 4.69) is 15.0 Å². The van der Waals surface area contributed by atoms with E-state index in [-0.39, 0.29) is 0 Å². The molecule has 2 aromatic rings. The Morgan fingerprint density at radius 2 is 2.38 bits per heavy atom. The highest BCUT2D eigenvalue weighted by molar-refractivity contribution is 7.13. The largest absolute Gasteiger partial charge is 0.235 e. The van der Waals surface area contributed by atoms with E-state index in [0.29, 0.717) is 11.2 Å². The van der Waals surface area contributed by atoms with Crippen LogP contribution in [0, 0.1) is 10.1 Å². The summed E-state index contributed by atoms with van der Waals surface area (Å²) in [4.78, 5) is 10.2. The van der Waals surface area contributed by atoms with Gasteiger partial charge in [0.2, 0.25) is 0 Å². The first-order chi connectivity index (χ1) is 6.27. The molecule has 0 saturated heterocycles. The van der Waals surface area contributed by atoms with E-state index in [1.807, 2.05) is 6.07 Å². The zero-order valence-corrected chi connectivity index (χ0v) is 7.11. The maximum Gasteiger partial charge on any atom is 0.162 e. The predicted molar refractivity (Wildman–Crippen MR) is 48.0 cm³/mol. The summed E-state index contributed by atoms with van der Waals surface area (Å²) in [6, 6.07) is 5.12. The molecule has 0 aliphatic carbocycles. The Morgan fingerprint density at radius 3 is 3.15 bits per heavy atom. The number of benzene rings is 1. The normalized spacial score (nSPS) is 10.2. The molecule has 0 unspecified atom stereocenters. The summed E-state index contributed by atoms with van der Waals surface area (Å²) in [6.45, 7) is 0. The third-order valence-electron chi connectivity index (χ3n) is 1.49. The zero-order chi connectivity index (χ0) is 9.26. The van der Waals surface area contributed by atoms with Gasteiger partial charge in [0.25, 0.3) is 0 Å². The van der Waals surface area contributed by atoms with Crippen LogP contribution in [0.5, 0.6) is 0 Å². The SMILES string of the molecule is O=[N+]([O-])Nc1cccc2snnc12. The van der Waals surface area contributed by atoms with E-state index in [4.69, 9.17) is 0 Å². The van der Waals surface area contributed by atoms with Gasteiger partial charge in [0.15, 0.2) is 5.03 Å². The fourth-order valence-electron chi connectivity index (χ4n) is 0.993. The molecular weight excluding hydrogens is 192 g/mol. The molecule has 0 amide bonds. The Labute approximate surface area is 76.5 Å². The summed E-state index contributed by atoms with van der Waals surface area (Å²) in [5.74, 6) is 0. The van der Waals surface area contributed by atoms with Gasteiger partial charge in [-0.05, 0) is 23.7 Å². The minimum absolute atomic E-state index is 0.372. The van der Waals surface area contributed by atoms with Crippen molar-refractivity contribution in [1.29, 1.82) is 0 Å². The van der Waals surface area contributed by atoms with E-state index in [9.17, 15) is 10.1 Å². The maximum atomic E-state index is 10.2. The van der Waals surface area contributed by atoms with Gasteiger partial charge in [-0.15, -0.1) is 10.5 Å². The third-order valence-corrected chi connectivity index (χ3v) is 2.18. The van der Waals surface area contributed by atoms with Crippen molar-refractivity contribution in [3.63, 3.8) is 0 Å². The molecule has 0 aliphatic heterocycles. The molecule has 1 N–H and O–H groups in total. The fourth-order valence-corrected chi connectivity index (χ4v) is 1.58. The lowest BCUT2D eigenvalue weighted by Crippen LogP contribution is -2.07. The molecule has 1 aromatic heterocycles. The van der Waals surface area contributed by atoms with E-state index in [1.165, 1.54) is 11.5 Å². The van der Waals surface area contributed by atoms with Gasteiger partial charge >= 0.3 is 0 Å². The third kappa shape index (κ3) is 1.41. The van der Waals surface area contributed by atoms with Crippen molar-refractivity contribution in [2.75, 3.05) is 5.43 Å². The van der Waals surface area contributed by atoms with Gasteiger partial charge < -0.3 is 0 Å². The van der Waals surface area contributed by atoms with E-state index in [1.54, 1.807) is 12.1 Å². The van der Waals surface area contributed by atoms with Crippen molar-refractivity contribution < 1.29 is 5.03 Å². The number of nitrogens with zero attached hydrogens (tertiary/aromatic N) is 3. The van der Waals surface area contributed by atoms with Gasteiger partial charge in [-0.25, -0.2) is 10.1 Å². The van der Waals surface area contributed by atoms with Gasteiger partial charge in [-0.2, -0.15) is 0 Å². The molecule has 0 atom stereocenters. The van der Waals surface area contributed by atoms with Crippen molar-refractivity contribution in [1.82, 2.24) is 9.59 Å². The van der Waals surface area contributed by atoms with Gasteiger partial charge in [-0.1, -0.05) is 10.6 Å². The van der Waals surface area contributed by atoms with Gasteiger partial charge in [0, 0.05) is 0 Å². The minimum Gasteiger partial charge on any atom is -0.235 e. The molecule has 0 saturated carbocycles. The second kappa shape index (κ2) is 2.94. The van der Waals surface area contributed by atoms with Crippen molar-refractivity contribution in [2.24, 2.45) is 0 Å². The van der Waals surface area contributed by atoms with Crippen LogP contribution in [0.4, 0.5) is 5.69 Å². The number of hydrazine groups is 1. The number of anilines is 1. The number of hydrogen-bond acceptors (Lipinski definition) is 5. The highest BCUT2D eigenvalue weighted by Gasteiger charge is 2.07. The zero-order valence-electron chi connectivity index (χ0n) is 6.30. The highest BCUT2D eigenvalue weighted by Crippen LogP contribution is 2.22. The smallest absolute Gasteiger partial charge is 0.162 e. The number of rotatable bonds is 2. The molecule has 0 bridgehead atoms. The van der Waals surface area contributed by atoms with Gasteiger partial charge in [-0.3, -0.25) is 0 Å². The Hall–Kier alpha value is -1.76. The van der Waals surface area contributed by atoms with Crippen LogP contribution in [0.25, 0.3) is 10.2 Å². The first kappa shape index (κ1) is 7.87. The molecule has 66 valence electrons. The Bertz CT molecular complexity index is 455. The Kier molecular flexibility index (Phi) is 1.78. The first-order valence-corrected chi connectivity index (χ1v) is 4.17. The summed E-state index contributed by atoms with van der Waals surface area (Å²) in [5, 5.41) is 13.3. The predicted octanol–water partition coefficient (Wildman–Crippen LogP) is 1.29. The minimum atomic E-state index is -0.617. The van der Waals surface area contributed by atoms with Gasteiger partial charge in [0.1, 0.15) is 11.2 Å². The lowest BCUT2D eigenvalue weighted by atomic mass is 10.3. The molecule has 7 heteroatoms. The number of nitrogens with one attached hydrogen (secondary N) is 1. The topological polar surface area (TPSA) is 81.0 Å². The summed E-state index contributed by atoms with van der Waals surface area (Å²) >= 11 is 1.20. The van der Waals surface area contributed by atoms with Crippen LogP contribution < -0.4 is 5.43 Å². The molecule has 2 rings (SSSR count). The summed E-state index contributed by atoms with van der Waals surface area (Å²) in [5.41, 5.74) is 2.96. The van der Waals surface area contributed by atoms with E-state index < -0.39 is 5.03 Å². The van der Waals surface area contributed by atoms with Crippen LogP contribution in [0.3, 0.4) is 0 Å². The molecule has 0 radical (unpaired) electrons. The molecule has 6 nitrogen and oxygen atoms in total. The van der Waals surface area contributed by atoms with Gasteiger partial charge in [0.05, 0.1) is 4.70 Å². The average Bonchev–Trinajstić information content (AvgIpc) is 2.51. The maximum absolute atomic E-state index is 10.2. The number of nitro groups is 1. The van der Waals surface area contributed by atoms with Crippen molar-refractivity contribution in [2.45, 2.75) is 0 Å². The molecule has 13 heavy (non-hydrogen) atoms. The van der Waals surface area contributed by atoms with Crippen LogP contribution >= 0.6 is 11.5 Å². The Balaban J connectivity index is 2.54. The Morgan fingerprint density at radius 1 is 1.54 bits per heavy atom. The summed E-state index contributed by atoms with van der Waals surface area (Å²) in [7, 11) is 0. The quantitative estimate of drug-likeness (QED) is 0.578. The van der Waals surface area contributed by atoms with Crippen molar-refractivity contribution in [3.8, 4) is 0 Å². The highest BCUT2D eigenvalue weighted by atomic mass is 32.1. The molecule has 0 aliphatic rings. The molecule has 1 heterocycles. The first-order valence-electron chi connectivity index (χ1n) is 3.39. The lowest BCUT2D eigenvalue weighted by Gasteiger charge is -1.95. The second-order valence-corrected chi connectivity index (χ2v) is 3.08. The van der Waals surface area contributed by atoms with Crippen molar-refractivity contribution in [3.05, 3.63) is 28.3 Å². The fraction of sp³-hybridized carbons (Fsp3) is 0. The molecule has 1 aromatic carbocycles. The summed E-state index contributed by atoms with van der Waals surface area (Å²) in [6.07, 6.45) is 0. The average molecular weight is 196 g/mol. The standard InChI is InChI=1S/C6H4N4O2S/c11-10(12)8-4-2-1-3-5-6(4)7-9-13-5/h1-3,8H. The van der Waals surface area contributed by atoms with Crippen LogP contribution in [-0.4, -0.2) is 14.6 Å². The van der Waals surface area contributed by atoms with Crippen molar-refractivity contribution >= 4 is 27.4 Å². The second-order valence-electron chi connectivity index (χ2n) is 2.29. The van der Waals surface area contributed by atoms with E-state index in [0.717, 1.165) is 4.70 Å². The monoisotopic (exact) mass is 196 g/mol. The number of aromatic nitrogens is 2. The molecular formula is C6H4N4O2S. The van der Waals surface area contributed by atoms with Crippen LogP contribution in [-0.2, 0) is 0 Å². The molecule has 0 fully saturated rings. The van der Waals surface area contributed by atoms with Crippen LogP contribution in [0.2, 0.25) is 0 Å². The lowest BCUT2D eigenvalue weighted by molar-refractivity contribution is -0.445. The van der Waals surface area contributed by atoms with Crippen LogP contribution in [0.15, 0.2) is 18.2 Å². The summed E-state index contributed by atoms with van der Waals surface area (Å²) < 4.78 is 4.52. The number of fused-ring (bicyclic) bond motifs is 1. The molecule has 0 spiro atoms.